The predicted molar refractivity (Wildman–Crippen MR) is 119 cm³/mol. The van der Waals surface area contributed by atoms with Gasteiger partial charge in [-0.25, -0.2) is 0 Å². The molecule has 2 aromatic rings. The number of nitrogens with two attached hydrogens (primary N) is 1. The van der Waals surface area contributed by atoms with Crippen molar-refractivity contribution in [2.24, 2.45) is 11.1 Å². The molecule has 30 heavy (non-hydrogen) atoms. The summed E-state index contributed by atoms with van der Waals surface area (Å²) in [6, 6.07) is 8.18. The van der Waals surface area contributed by atoms with Gasteiger partial charge in [0.1, 0.15) is 0 Å². The normalized spacial score (nSPS) is 13.8. The number of fused-ring (bicyclic) bond motifs is 1. The van der Waals surface area contributed by atoms with E-state index in [1.165, 1.54) is 0 Å². The third-order valence-electron chi connectivity index (χ3n) is 5.07. The predicted octanol–water partition coefficient (Wildman–Crippen LogP) is 2.91. The Morgan fingerprint density at radius 1 is 1.17 bits per heavy atom. The Hall–Kier alpha value is -1.49. The van der Waals surface area contributed by atoms with Crippen molar-refractivity contribution in [2.45, 2.75) is 72.0 Å². The van der Waals surface area contributed by atoms with E-state index in [0.717, 1.165) is 16.5 Å². The van der Waals surface area contributed by atoms with Gasteiger partial charge in [-0.05, 0) is 24.5 Å². The molecule has 0 radical (unpaired) electrons. The number of aromatic amines is 1. The van der Waals surface area contributed by atoms with E-state index in [-0.39, 0.29) is 50.9 Å². The summed E-state index contributed by atoms with van der Waals surface area (Å²) in [4.78, 5) is 27.7. The van der Waals surface area contributed by atoms with Gasteiger partial charge in [-0.2, -0.15) is 0 Å². The summed E-state index contributed by atoms with van der Waals surface area (Å²) in [5, 5.41) is 8.09. The Morgan fingerprint density at radius 2 is 1.83 bits per heavy atom. The molecule has 0 saturated heterocycles. The van der Waals surface area contributed by atoms with Crippen LogP contribution in [0.1, 0.15) is 53.0 Å². The summed E-state index contributed by atoms with van der Waals surface area (Å²) in [6.07, 6.45) is 3.58. The molecule has 1 amide bonds. The van der Waals surface area contributed by atoms with Crippen LogP contribution >= 0.6 is 0 Å². The minimum absolute atomic E-state index is 0. The molecule has 2 atom stereocenters. The topological polar surface area (TPSA) is 100 Å². The van der Waals surface area contributed by atoms with Crippen LogP contribution in [0.5, 0.6) is 0 Å². The molecule has 0 aliphatic carbocycles. The number of nitrogens with one attached hydrogen (secondary N) is 3. The Kier molecular flexibility index (Phi) is 10.4. The third kappa shape index (κ3) is 7.97. The molecule has 2 rings (SSSR count). The van der Waals surface area contributed by atoms with Gasteiger partial charge in [-0.3, -0.25) is 9.59 Å². The van der Waals surface area contributed by atoms with E-state index in [2.05, 4.69) is 35.5 Å². The number of carbonyl (C=O) groups excluding carboxylic acids is 2. The number of amides is 1. The Morgan fingerprint density at radius 3 is 2.43 bits per heavy atom. The number of carbonyl (C=O) groups is 2. The largest absolute Gasteiger partial charge is 0.370 e. The number of benzene rings is 1. The number of ketones is 1. The van der Waals surface area contributed by atoms with Crippen LogP contribution in [-0.2, 0) is 37.1 Å². The van der Waals surface area contributed by atoms with Gasteiger partial charge in [0, 0.05) is 68.6 Å². The second-order valence-corrected chi connectivity index (χ2v) is 9.16. The molecule has 1 unspecified atom stereocenters. The average molecular weight is 584 g/mol. The first-order valence-corrected chi connectivity index (χ1v) is 10.4. The van der Waals surface area contributed by atoms with Crippen molar-refractivity contribution >= 4 is 22.6 Å². The van der Waals surface area contributed by atoms with Crippen molar-refractivity contribution in [1.82, 2.24) is 15.6 Å². The quantitative estimate of drug-likeness (QED) is 0.327. The molecule has 0 spiro atoms. The van der Waals surface area contributed by atoms with Gasteiger partial charge < -0.3 is 21.4 Å². The van der Waals surface area contributed by atoms with Gasteiger partial charge in [-0.1, -0.05) is 52.8 Å². The van der Waals surface area contributed by atoms with Gasteiger partial charge in [0.05, 0.1) is 6.04 Å². The van der Waals surface area contributed by atoms with E-state index >= 15 is 0 Å². The van der Waals surface area contributed by atoms with E-state index in [1.54, 1.807) is 0 Å². The fourth-order valence-corrected chi connectivity index (χ4v) is 3.62. The first-order chi connectivity index (χ1) is 13.6. The minimum atomic E-state index is -0.446. The van der Waals surface area contributed by atoms with E-state index in [9.17, 15) is 9.59 Å². The number of hydrogen-bond acceptors (Lipinski definition) is 4. The number of Topliss-reactive ketones (excluding diaryl/α,β-unsaturated/α-hetero) is 1. The van der Waals surface area contributed by atoms with E-state index in [4.69, 9.17) is 5.73 Å². The maximum Gasteiger partial charge on any atom is 0.217 e. The molecule has 0 bridgehead atoms. The number of H-pyrrole nitrogens is 1. The zero-order valence-electron chi connectivity index (χ0n) is 18.7. The molecule has 166 valence electrons. The Labute approximate surface area is 194 Å². The van der Waals surface area contributed by atoms with Gasteiger partial charge in [-0.15, -0.1) is 0 Å². The number of rotatable bonds is 11. The molecule has 0 aliphatic heterocycles. The van der Waals surface area contributed by atoms with Gasteiger partial charge in [0.2, 0.25) is 5.91 Å². The molecule has 0 aliphatic rings. The molecule has 6 nitrogen and oxygen atoms in total. The smallest absolute Gasteiger partial charge is 0.217 e. The van der Waals surface area contributed by atoms with Crippen LogP contribution in [-0.4, -0.2) is 41.3 Å². The Balaban J connectivity index is 0.00000450. The molecule has 5 N–H and O–H groups in total. The van der Waals surface area contributed by atoms with Crippen LogP contribution in [0.25, 0.3) is 10.9 Å². The standard InChI is InChI=1S/C23H36N4O2.W/c1-15(2)27-17(10-11-21(24)28)14-26-20(22(29)23(3,4)5)12-16-13-25-19-9-7-6-8-18(16)19;/h6-9,13,15,17,20,25-27H,10-12,14H2,1-5H3,(H2,24,28);/t17-,20?;/m0./s1. The molecule has 7 heteroatoms. The van der Waals surface area contributed by atoms with Crippen LogP contribution in [0.3, 0.4) is 0 Å². The monoisotopic (exact) mass is 584 g/mol. The van der Waals surface area contributed by atoms with E-state index in [1.807, 2.05) is 45.2 Å². The molecule has 0 saturated carbocycles. The van der Waals surface area contributed by atoms with Crippen LogP contribution < -0.4 is 16.4 Å². The summed E-state index contributed by atoms with van der Waals surface area (Å²) >= 11 is 0. The van der Waals surface area contributed by atoms with Crippen molar-refractivity contribution in [2.75, 3.05) is 6.54 Å². The average Bonchev–Trinajstić information content (AvgIpc) is 3.04. The SMILES string of the molecule is CC(C)N[C@@H](CCC(N)=O)CNC(Cc1c[nH]c2ccccc12)C(=O)C(C)(C)C.[W]. The molecule has 1 heterocycles. The summed E-state index contributed by atoms with van der Waals surface area (Å²) in [6.45, 7) is 10.6. The van der Waals surface area contributed by atoms with Crippen LogP contribution in [0.2, 0.25) is 0 Å². The second kappa shape index (κ2) is 11.8. The maximum absolute atomic E-state index is 13.2. The van der Waals surface area contributed by atoms with Gasteiger partial charge in [0.15, 0.2) is 5.78 Å². The summed E-state index contributed by atoms with van der Waals surface area (Å²) in [5.74, 6) is -0.123. The molecule has 0 fully saturated rings. The van der Waals surface area contributed by atoms with Crippen molar-refractivity contribution in [3.63, 3.8) is 0 Å². The second-order valence-electron chi connectivity index (χ2n) is 9.16. The van der Waals surface area contributed by atoms with Crippen LogP contribution in [0.4, 0.5) is 0 Å². The number of hydrogen-bond donors (Lipinski definition) is 4. The van der Waals surface area contributed by atoms with E-state index in [0.29, 0.717) is 25.8 Å². The fraction of sp³-hybridized carbons (Fsp3) is 0.565. The van der Waals surface area contributed by atoms with Crippen LogP contribution in [0.15, 0.2) is 30.5 Å². The van der Waals surface area contributed by atoms with Crippen molar-refractivity contribution in [3.05, 3.63) is 36.0 Å². The fourth-order valence-electron chi connectivity index (χ4n) is 3.62. The molecular weight excluding hydrogens is 548 g/mol. The number of aromatic nitrogens is 1. The van der Waals surface area contributed by atoms with Crippen molar-refractivity contribution in [1.29, 1.82) is 0 Å². The van der Waals surface area contributed by atoms with Gasteiger partial charge in [0.25, 0.3) is 0 Å². The number of para-hydroxylation sites is 1. The summed E-state index contributed by atoms with van der Waals surface area (Å²) in [5.41, 5.74) is 7.09. The van der Waals surface area contributed by atoms with Crippen LogP contribution in [0, 0.1) is 5.41 Å². The maximum atomic E-state index is 13.2. The van der Waals surface area contributed by atoms with Gasteiger partial charge >= 0.3 is 0 Å². The molecule has 1 aromatic carbocycles. The number of primary amides is 1. The first-order valence-electron chi connectivity index (χ1n) is 10.4. The zero-order chi connectivity index (χ0) is 21.6. The summed E-state index contributed by atoms with van der Waals surface area (Å²) < 4.78 is 0. The van der Waals surface area contributed by atoms with Crippen molar-refractivity contribution < 1.29 is 30.7 Å². The minimum Gasteiger partial charge on any atom is -0.370 e. The van der Waals surface area contributed by atoms with Crippen molar-refractivity contribution in [3.8, 4) is 0 Å². The third-order valence-corrected chi connectivity index (χ3v) is 5.07. The Bertz CT molecular complexity index is 826. The van der Waals surface area contributed by atoms with E-state index < -0.39 is 5.41 Å². The first kappa shape index (κ1) is 26.5. The molecule has 1 aromatic heterocycles. The zero-order valence-corrected chi connectivity index (χ0v) is 21.7. The summed E-state index contributed by atoms with van der Waals surface area (Å²) in [7, 11) is 0. The molecular formula is C23H36N4O2W.